The summed E-state index contributed by atoms with van der Waals surface area (Å²) in [5.74, 6) is 1.55. The third kappa shape index (κ3) is 5.62. The summed E-state index contributed by atoms with van der Waals surface area (Å²) in [7, 11) is 0. The second kappa shape index (κ2) is 8.24. The van der Waals surface area contributed by atoms with Crippen molar-refractivity contribution in [3.8, 4) is 0 Å². The largest absolute Gasteiger partial charge is 0.397 e. The Balaban J connectivity index is 2.29. The molecule has 1 aromatic rings. The second-order valence-electron chi connectivity index (χ2n) is 3.72. The van der Waals surface area contributed by atoms with Gasteiger partial charge in [-0.05, 0) is 30.4 Å². The van der Waals surface area contributed by atoms with Crippen molar-refractivity contribution in [2.24, 2.45) is 0 Å². The molecule has 0 aliphatic rings. The van der Waals surface area contributed by atoms with Crippen LogP contribution in [0.1, 0.15) is 12.8 Å². The molecule has 0 saturated heterocycles. The molecule has 4 N–H and O–H groups in total. The molecule has 6 heteroatoms. The Morgan fingerprint density at radius 3 is 2.89 bits per heavy atom. The van der Waals surface area contributed by atoms with E-state index in [2.05, 4.69) is 5.32 Å². The molecule has 0 spiro atoms. The molecule has 0 saturated carbocycles. The molecule has 0 radical (unpaired) electrons. The van der Waals surface area contributed by atoms with Crippen molar-refractivity contribution in [3.63, 3.8) is 0 Å². The van der Waals surface area contributed by atoms with E-state index in [-0.39, 0.29) is 12.5 Å². The van der Waals surface area contributed by atoms with E-state index in [9.17, 15) is 4.79 Å². The van der Waals surface area contributed by atoms with Gasteiger partial charge in [0.25, 0.3) is 0 Å². The minimum absolute atomic E-state index is 0.0404. The summed E-state index contributed by atoms with van der Waals surface area (Å²) in [5.41, 5.74) is 6.75. The number of amides is 1. The number of hydrogen-bond acceptors (Lipinski definition) is 4. The highest BCUT2D eigenvalue weighted by Crippen LogP contribution is 2.22. The normalized spacial score (nSPS) is 10.3. The zero-order valence-corrected chi connectivity index (χ0v) is 11.6. The highest BCUT2D eigenvalue weighted by atomic mass is 35.5. The maximum absolute atomic E-state index is 11.6. The van der Waals surface area contributed by atoms with Crippen LogP contribution in [0.5, 0.6) is 0 Å². The third-order valence-corrected chi connectivity index (χ3v) is 3.60. The van der Waals surface area contributed by atoms with E-state index < -0.39 is 0 Å². The minimum atomic E-state index is -0.0404. The molecule has 0 atom stereocenters. The first kappa shape index (κ1) is 15.1. The molecular weight excluding hydrogens is 272 g/mol. The van der Waals surface area contributed by atoms with Crippen LogP contribution in [-0.2, 0) is 4.79 Å². The van der Waals surface area contributed by atoms with E-state index in [1.165, 1.54) is 0 Å². The van der Waals surface area contributed by atoms with Gasteiger partial charge in [-0.1, -0.05) is 11.6 Å². The maximum atomic E-state index is 11.6. The van der Waals surface area contributed by atoms with Crippen molar-refractivity contribution < 1.29 is 9.90 Å². The SMILES string of the molecule is Nc1cc(NC(=O)CCCSCCO)ccc1Cl. The fraction of sp³-hybridized carbons (Fsp3) is 0.417. The number of halogens is 1. The molecular formula is C12H17ClN2O2S. The quantitative estimate of drug-likeness (QED) is 0.532. The maximum Gasteiger partial charge on any atom is 0.224 e. The number of nitrogen functional groups attached to an aromatic ring is 1. The molecule has 0 unspecified atom stereocenters. The number of nitrogens with two attached hydrogens (primary N) is 1. The summed E-state index contributed by atoms with van der Waals surface area (Å²) in [6.45, 7) is 0.181. The number of thioether (sulfide) groups is 1. The van der Waals surface area contributed by atoms with Gasteiger partial charge < -0.3 is 16.2 Å². The summed E-state index contributed by atoms with van der Waals surface area (Å²) in [5, 5.41) is 11.8. The van der Waals surface area contributed by atoms with Gasteiger partial charge in [0.05, 0.1) is 17.3 Å². The van der Waals surface area contributed by atoms with Gasteiger partial charge in [0.15, 0.2) is 0 Å². The Hall–Kier alpha value is -0.910. The van der Waals surface area contributed by atoms with Crippen LogP contribution < -0.4 is 11.1 Å². The fourth-order valence-corrected chi connectivity index (χ4v) is 2.15. The number of anilines is 2. The van der Waals surface area contributed by atoms with Crippen LogP contribution in [0.15, 0.2) is 18.2 Å². The van der Waals surface area contributed by atoms with Crippen LogP contribution in [0, 0.1) is 0 Å². The van der Waals surface area contributed by atoms with Gasteiger partial charge in [-0.3, -0.25) is 4.79 Å². The van der Waals surface area contributed by atoms with Crippen LogP contribution in [-0.4, -0.2) is 29.1 Å². The number of aliphatic hydroxyl groups is 1. The van der Waals surface area contributed by atoms with Crippen LogP contribution >= 0.6 is 23.4 Å². The van der Waals surface area contributed by atoms with Gasteiger partial charge in [-0.15, -0.1) is 0 Å². The molecule has 0 heterocycles. The van der Waals surface area contributed by atoms with Crippen LogP contribution in [0.3, 0.4) is 0 Å². The molecule has 0 aliphatic carbocycles. The molecule has 100 valence electrons. The van der Waals surface area contributed by atoms with Crippen molar-refractivity contribution in [2.75, 3.05) is 29.2 Å². The lowest BCUT2D eigenvalue weighted by Gasteiger charge is -2.06. The number of carbonyl (C=O) groups excluding carboxylic acids is 1. The third-order valence-electron chi connectivity index (χ3n) is 2.21. The predicted molar refractivity (Wildman–Crippen MR) is 78.1 cm³/mol. The van der Waals surface area contributed by atoms with E-state index in [0.717, 1.165) is 17.9 Å². The van der Waals surface area contributed by atoms with Crippen molar-refractivity contribution in [1.29, 1.82) is 0 Å². The van der Waals surface area contributed by atoms with Crippen molar-refractivity contribution in [3.05, 3.63) is 23.2 Å². The number of aliphatic hydroxyl groups excluding tert-OH is 1. The first-order chi connectivity index (χ1) is 8.63. The summed E-state index contributed by atoms with van der Waals surface area (Å²) < 4.78 is 0. The van der Waals surface area contributed by atoms with E-state index in [0.29, 0.717) is 22.8 Å². The van der Waals surface area contributed by atoms with Gasteiger partial charge in [0.2, 0.25) is 5.91 Å². The predicted octanol–water partition coefficient (Wildman–Crippen LogP) is 2.37. The monoisotopic (exact) mass is 288 g/mol. The number of nitrogens with one attached hydrogen (secondary N) is 1. The topological polar surface area (TPSA) is 75.3 Å². The Bertz CT molecular complexity index is 402. The van der Waals surface area contributed by atoms with Crippen LogP contribution in [0.25, 0.3) is 0 Å². The van der Waals surface area contributed by atoms with E-state index in [1.807, 2.05) is 0 Å². The Morgan fingerprint density at radius 1 is 1.44 bits per heavy atom. The summed E-state index contributed by atoms with van der Waals surface area (Å²) in [6, 6.07) is 5.02. The minimum Gasteiger partial charge on any atom is -0.397 e. The zero-order valence-electron chi connectivity index (χ0n) is 9.99. The molecule has 0 bridgehead atoms. The highest BCUT2D eigenvalue weighted by molar-refractivity contribution is 7.99. The molecule has 1 rings (SSSR count). The van der Waals surface area contributed by atoms with Crippen molar-refractivity contribution in [2.45, 2.75) is 12.8 Å². The lowest BCUT2D eigenvalue weighted by Crippen LogP contribution is -2.11. The lowest BCUT2D eigenvalue weighted by atomic mass is 10.2. The molecule has 0 fully saturated rings. The number of hydrogen-bond donors (Lipinski definition) is 3. The summed E-state index contributed by atoms with van der Waals surface area (Å²) in [6.07, 6.45) is 1.25. The van der Waals surface area contributed by atoms with E-state index >= 15 is 0 Å². The summed E-state index contributed by atoms with van der Waals surface area (Å²) in [4.78, 5) is 11.6. The fourth-order valence-electron chi connectivity index (χ4n) is 1.35. The van der Waals surface area contributed by atoms with Crippen molar-refractivity contribution in [1.82, 2.24) is 0 Å². The Morgan fingerprint density at radius 2 is 2.22 bits per heavy atom. The van der Waals surface area contributed by atoms with Crippen molar-refractivity contribution >= 4 is 40.6 Å². The molecule has 1 amide bonds. The Kier molecular flexibility index (Phi) is 6.93. The van der Waals surface area contributed by atoms with Gasteiger partial charge in [-0.2, -0.15) is 11.8 Å². The van der Waals surface area contributed by atoms with Gasteiger partial charge in [0, 0.05) is 17.9 Å². The average Bonchev–Trinajstić information content (AvgIpc) is 2.34. The van der Waals surface area contributed by atoms with Gasteiger partial charge in [0.1, 0.15) is 0 Å². The molecule has 4 nitrogen and oxygen atoms in total. The average molecular weight is 289 g/mol. The second-order valence-corrected chi connectivity index (χ2v) is 5.36. The number of rotatable bonds is 7. The van der Waals surface area contributed by atoms with E-state index in [4.69, 9.17) is 22.4 Å². The van der Waals surface area contributed by atoms with Crippen LogP contribution in [0.4, 0.5) is 11.4 Å². The molecule has 1 aromatic carbocycles. The first-order valence-corrected chi connectivity index (χ1v) is 7.20. The zero-order chi connectivity index (χ0) is 13.4. The van der Waals surface area contributed by atoms with Gasteiger partial charge >= 0.3 is 0 Å². The molecule has 0 aromatic heterocycles. The Labute approximate surface area is 116 Å². The van der Waals surface area contributed by atoms with Gasteiger partial charge in [-0.25, -0.2) is 0 Å². The number of carbonyl (C=O) groups is 1. The standard InChI is InChI=1S/C12H17ClN2O2S/c13-10-4-3-9(8-11(10)14)15-12(17)2-1-6-18-7-5-16/h3-4,8,16H,1-2,5-7,14H2,(H,15,17). The first-order valence-electron chi connectivity index (χ1n) is 5.67. The van der Waals surface area contributed by atoms with Crippen LogP contribution in [0.2, 0.25) is 5.02 Å². The molecule has 18 heavy (non-hydrogen) atoms. The lowest BCUT2D eigenvalue weighted by molar-refractivity contribution is -0.116. The molecule has 0 aliphatic heterocycles. The highest BCUT2D eigenvalue weighted by Gasteiger charge is 2.04. The summed E-state index contributed by atoms with van der Waals surface area (Å²) >= 11 is 7.43. The number of benzene rings is 1. The van der Waals surface area contributed by atoms with E-state index in [1.54, 1.807) is 30.0 Å². The smallest absolute Gasteiger partial charge is 0.224 e.